The average Bonchev–Trinajstić information content (AvgIpc) is 2.40. The molecule has 2 rings (SSSR count). The van der Waals surface area contributed by atoms with Gasteiger partial charge in [0.1, 0.15) is 9.52 Å². The first kappa shape index (κ1) is 11.7. The van der Waals surface area contributed by atoms with Crippen LogP contribution in [0, 0.1) is 0 Å². The molecule has 2 radical (unpaired) electrons. The molecule has 0 atom stereocenters. The third-order valence-electron chi connectivity index (χ3n) is 2.47. The van der Waals surface area contributed by atoms with Crippen LogP contribution in [0.5, 0.6) is 0 Å². The summed E-state index contributed by atoms with van der Waals surface area (Å²) in [6, 6.07) is 10.0. The number of rotatable bonds is 3. The lowest BCUT2D eigenvalue weighted by atomic mass is 10.2. The Morgan fingerprint density at radius 3 is 2.53 bits per heavy atom. The first-order chi connectivity index (χ1) is 8.29. The fourth-order valence-corrected chi connectivity index (χ4v) is 2.33. The molecule has 0 bridgehead atoms. The summed E-state index contributed by atoms with van der Waals surface area (Å²) in [5.41, 5.74) is 1.85. The summed E-state index contributed by atoms with van der Waals surface area (Å²) in [5, 5.41) is 2.65. The Hall–Kier alpha value is -1.74. The van der Waals surface area contributed by atoms with Crippen molar-refractivity contribution in [1.82, 2.24) is 9.97 Å². The highest BCUT2D eigenvalue weighted by molar-refractivity contribution is 6.60. The standard InChI is InChI=1S/C14H14N2Si/c1-3-11(2)17-12-7-8-14(16-10-12)13-6-4-5-9-15-13/h3-10H,1-2H3/b11-3+. The first-order valence-corrected chi connectivity index (χ1v) is 6.57. The van der Waals surface area contributed by atoms with E-state index in [1.54, 1.807) is 6.20 Å². The van der Waals surface area contributed by atoms with Gasteiger partial charge < -0.3 is 0 Å². The smallest absolute Gasteiger partial charge is 0.117 e. The molecule has 17 heavy (non-hydrogen) atoms. The zero-order valence-corrected chi connectivity index (χ0v) is 11.0. The topological polar surface area (TPSA) is 25.8 Å². The second-order valence-electron chi connectivity index (χ2n) is 3.74. The van der Waals surface area contributed by atoms with Crippen molar-refractivity contribution < 1.29 is 0 Å². The second kappa shape index (κ2) is 5.55. The van der Waals surface area contributed by atoms with E-state index in [4.69, 9.17) is 0 Å². The Morgan fingerprint density at radius 2 is 1.94 bits per heavy atom. The maximum Gasteiger partial charge on any atom is 0.117 e. The molecule has 0 saturated heterocycles. The van der Waals surface area contributed by atoms with E-state index < -0.39 is 0 Å². The maximum absolute atomic E-state index is 4.45. The molecule has 0 spiro atoms. The molecule has 0 unspecified atom stereocenters. The summed E-state index contributed by atoms with van der Waals surface area (Å²) in [4.78, 5) is 8.74. The molecule has 2 aromatic heterocycles. The molecule has 0 saturated carbocycles. The van der Waals surface area contributed by atoms with Crippen LogP contribution >= 0.6 is 0 Å². The molecule has 0 aliphatic heterocycles. The van der Waals surface area contributed by atoms with Gasteiger partial charge in [-0.15, -0.1) is 0 Å². The van der Waals surface area contributed by atoms with Gasteiger partial charge >= 0.3 is 0 Å². The van der Waals surface area contributed by atoms with Crippen LogP contribution in [0.15, 0.2) is 54.0 Å². The molecular formula is C14H14N2Si. The molecule has 0 aromatic carbocycles. The van der Waals surface area contributed by atoms with Crippen LogP contribution in [-0.2, 0) is 0 Å². The fourth-order valence-electron chi connectivity index (χ4n) is 1.43. The number of hydrogen-bond acceptors (Lipinski definition) is 2. The molecule has 0 aliphatic carbocycles. The van der Waals surface area contributed by atoms with Gasteiger partial charge in [0, 0.05) is 12.4 Å². The fraction of sp³-hybridized carbons (Fsp3) is 0.143. The van der Waals surface area contributed by atoms with Crippen molar-refractivity contribution in [1.29, 1.82) is 0 Å². The van der Waals surface area contributed by atoms with Crippen LogP contribution in [0.25, 0.3) is 11.4 Å². The van der Waals surface area contributed by atoms with Gasteiger partial charge in [-0.1, -0.05) is 23.4 Å². The Balaban J connectivity index is 2.19. The van der Waals surface area contributed by atoms with Crippen molar-refractivity contribution in [2.45, 2.75) is 13.8 Å². The van der Waals surface area contributed by atoms with E-state index >= 15 is 0 Å². The quantitative estimate of drug-likeness (QED) is 0.767. The van der Waals surface area contributed by atoms with E-state index in [-0.39, 0.29) is 0 Å². The summed E-state index contributed by atoms with van der Waals surface area (Å²) < 4.78 is 0. The Morgan fingerprint density at radius 1 is 1.12 bits per heavy atom. The molecule has 0 N–H and O–H groups in total. The number of pyridine rings is 2. The Kier molecular flexibility index (Phi) is 3.83. The predicted octanol–water partition coefficient (Wildman–Crippen LogP) is 2.40. The van der Waals surface area contributed by atoms with E-state index in [2.05, 4.69) is 36.0 Å². The summed E-state index contributed by atoms with van der Waals surface area (Å²) in [6.45, 7) is 4.21. The number of aromatic nitrogens is 2. The Labute approximate surface area is 104 Å². The van der Waals surface area contributed by atoms with E-state index in [0.717, 1.165) is 11.4 Å². The van der Waals surface area contributed by atoms with E-state index in [1.807, 2.05) is 30.5 Å². The molecule has 0 amide bonds. The molecule has 0 fully saturated rings. The summed E-state index contributed by atoms with van der Waals surface area (Å²) in [5.74, 6) is 0. The van der Waals surface area contributed by atoms with Crippen molar-refractivity contribution in [3.8, 4) is 11.4 Å². The average molecular weight is 238 g/mol. The highest BCUT2D eigenvalue weighted by Crippen LogP contribution is 2.10. The van der Waals surface area contributed by atoms with Crippen LogP contribution in [0.1, 0.15) is 13.8 Å². The maximum atomic E-state index is 4.45. The van der Waals surface area contributed by atoms with E-state index in [9.17, 15) is 0 Å². The third-order valence-corrected chi connectivity index (χ3v) is 3.73. The molecule has 2 aromatic rings. The monoisotopic (exact) mass is 238 g/mol. The van der Waals surface area contributed by atoms with Crippen LogP contribution < -0.4 is 5.19 Å². The van der Waals surface area contributed by atoms with Crippen molar-refractivity contribution in [3.63, 3.8) is 0 Å². The van der Waals surface area contributed by atoms with Crippen molar-refractivity contribution >= 4 is 14.7 Å². The summed E-state index contributed by atoms with van der Waals surface area (Å²) in [7, 11) is 0.710. The normalized spacial score (nSPS) is 11.5. The minimum atomic E-state index is 0.710. The SMILES string of the molecule is C/C=C(\C)[Si]c1ccc(-c2ccccn2)nc1. The third kappa shape index (κ3) is 3.11. The van der Waals surface area contributed by atoms with E-state index in [0.29, 0.717) is 9.52 Å². The largest absolute Gasteiger partial charge is 0.255 e. The predicted molar refractivity (Wildman–Crippen MR) is 72.3 cm³/mol. The van der Waals surface area contributed by atoms with Gasteiger partial charge in [0.05, 0.1) is 11.4 Å². The lowest BCUT2D eigenvalue weighted by Gasteiger charge is -2.02. The van der Waals surface area contributed by atoms with Crippen LogP contribution in [0.4, 0.5) is 0 Å². The van der Waals surface area contributed by atoms with Gasteiger partial charge in [-0.25, -0.2) is 0 Å². The molecular weight excluding hydrogens is 224 g/mol. The minimum Gasteiger partial charge on any atom is -0.255 e. The molecule has 3 heteroatoms. The molecule has 0 aliphatic rings. The van der Waals surface area contributed by atoms with Gasteiger partial charge in [0.15, 0.2) is 0 Å². The molecule has 2 heterocycles. The van der Waals surface area contributed by atoms with Crippen LogP contribution in [-0.4, -0.2) is 19.5 Å². The van der Waals surface area contributed by atoms with Crippen LogP contribution in [0.2, 0.25) is 0 Å². The highest BCUT2D eigenvalue weighted by Gasteiger charge is 2.01. The van der Waals surface area contributed by atoms with E-state index in [1.165, 1.54) is 10.4 Å². The van der Waals surface area contributed by atoms with Crippen LogP contribution in [0.3, 0.4) is 0 Å². The second-order valence-corrected chi connectivity index (χ2v) is 5.36. The van der Waals surface area contributed by atoms with Gasteiger partial charge in [0.2, 0.25) is 0 Å². The summed E-state index contributed by atoms with van der Waals surface area (Å²) >= 11 is 0. The first-order valence-electron chi connectivity index (χ1n) is 5.57. The lowest BCUT2D eigenvalue weighted by molar-refractivity contribution is 1.25. The van der Waals surface area contributed by atoms with Crippen molar-refractivity contribution in [2.75, 3.05) is 0 Å². The summed E-state index contributed by atoms with van der Waals surface area (Å²) in [6.07, 6.45) is 5.87. The minimum absolute atomic E-state index is 0.710. The van der Waals surface area contributed by atoms with Gasteiger partial charge in [-0.2, -0.15) is 0 Å². The Bertz CT molecular complexity index is 504. The van der Waals surface area contributed by atoms with Crippen molar-refractivity contribution in [3.05, 3.63) is 54.0 Å². The number of allylic oxidation sites excluding steroid dienone is 2. The molecule has 84 valence electrons. The van der Waals surface area contributed by atoms with Gasteiger partial charge in [0.25, 0.3) is 0 Å². The van der Waals surface area contributed by atoms with Crippen molar-refractivity contribution in [2.24, 2.45) is 0 Å². The number of hydrogen-bond donors (Lipinski definition) is 0. The zero-order chi connectivity index (χ0) is 12.1. The zero-order valence-electron chi connectivity index (χ0n) is 10.0. The number of nitrogens with zero attached hydrogens (tertiary/aromatic N) is 2. The highest BCUT2D eigenvalue weighted by atomic mass is 28.2. The lowest BCUT2D eigenvalue weighted by Crippen LogP contribution is -2.15. The van der Waals surface area contributed by atoms with Gasteiger partial charge in [-0.05, 0) is 37.2 Å². The van der Waals surface area contributed by atoms with Gasteiger partial charge in [-0.3, -0.25) is 9.97 Å². The molecule has 2 nitrogen and oxygen atoms in total.